The second-order valence-corrected chi connectivity index (χ2v) is 16.0. The van der Waals surface area contributed by atoms with Crippen molar-refractivity contribution in [3.63, 3.8) is 0 Å². The van der Waals surface area contributed by atoms with E-state index in [0.29, 0.717) is 50.5 Å². The highest BCUT2D eigenvalue weighted by atomic mass is 16.5. The monoisotopic (exact) mass is 773 g/mol. The molecule has 2 bridgehead atoms. The maximum Gasteiger partial charge on any atom is 0.330 e. The molecule has 2 aliphatic carbocycles. The number of esters is 1. The average Bonchev–Trinajstić information content (AvgIpc) is 3.24. The van der Waals surface area contributed by atoms with Crippen molar-refractivity contribution in [3.8, 4) is 22.6 Å². The molecular weight excluding hydrogens is 715 g/mol. The summed E-state index contributed by atoms with van der Waals surface area (Å²) in [6, 6.07) is 27.7. The minimum absolute atomic E-state index is 0.259. The number of hydrogen-bond acceptors (Lipinski definition) is 8. The van der Waals surface area contributed by atoms with Crippen LogP contribution in [0.15, 0.2) is 91.5 Å². The van der Waals surface area contributed by atoms with Gasteiger partial charge in [0.05, 0.1) is 44.7 Å². The molecule has 57 heavy (non-hydrogen) atoms. The van der Waals surface area contributed by atoms with E-state index in [4.69, 9.17) is 33.8 Å². The summed E-state index contributed by atoms with van der Waals surface area (Å²) >= 11 is 0. The first kappa shape index (κ1) is 40.7. The molecule has 2 atom stereocenters. The fraction of sp³-hybridized carbons (Fsp3) is 0.469. The highest BCUT2D eigenvalue weighted by Crippen LogP contribution is 2.39. The van der Waals surface area contributed by atoms with Crippen molar-refractivity contribution in [2.75, 3.05) is 33.0 Å². The molecule has 2 saturated carbocycles. The first-order valence-corrected chi connectivity index (χ1v) is 21.2. The van der Waals surface area contributed by atoms with Gasteiger partial charge in [0.1, 0.15) is 11.5 Å². The number of fused-ring (bicyclic) bond motifs is 3. The number of hydrogen-bond donors (Lipinski definition) is 1. The summed E-state index contributed by atoms with van der Waals surface area (Å²) in [5.74, 6) is 2.51. The fourth-order valence-corrected chi connectivity index (χ4v) is 8.59. The molecule has 2 saturated heterocycles. The molecule has 1 N–H and O–H groups in total. The van der Waals surface area contributed by atoms with Crippen molar-refractivity contribution >= 4 is 23.0 Å². The smallest absolute Gasteiger partial charge is 0.330 e. The molecule has 2 aliphatic heterocycles. The van der Waals surface area contributed by atoms with Crippen LogP contribution in [0.5, 0.6) is 11.5 Å². The Labute approximate surface area is 338 Å². The zero-order chi connectivity index (χ0) is 39.2. The summed E-state index contributed by atoms with van der Waals surface area (Å²) in [7, 11) is 0. The van der Waals surface area contributed by atoms with Gasteiger partial charge in [-0.25, -0.2) is 4.79 Å². The van der Waals surface area contributed by atoms with Crippen LogP contribution in [-0.4, -0.2) is 63.5 Å². The van der Waals surface area contributed by atoms with E-state index in [9.17, 15) is 4.79 Å². The first-order valence-electron chi connectivity index (χ1n) is 21.2. The highest BCUT2D eigenvalue weighted by molar-refractivity contribution is 5.89. The van der Waals surface area contributed by atoms with Gasteiger partial charge in [0, 0.05) is 37.5 Å². The molecular formula is C49H59NO7. The lowest BCUT2D eigenvalue weighted by molar-refractivity contribution is -0.179. The van der Waals surface area contributed by atoms with Crippen LogP contribution in [0.2, 0.25) is 0 Å². The number of unbranched alkanes of at least 4 members (excludes halogenated alkanes) is 3. The second-order valence-electron chi connectivity index (χ2n) is 16.0. The van der Waals surface area contributed by atoms with Crippen LogP contribution in [0, 0.1) is 11.3 Å². The Morgan fingerprint density at radius 1 is 0.737 bits per heavy atom. The van der Waals surface area contributed by atoms with Gasteiger partial charge in [0.25, 0.3) is 0 Å². The Morgan fingerprint density at radius 2 is 1.44 bits per heavy atom. The molecule has 8 heteroatoms. The number of nitrogens with one attached hydrogen (secondary N) is 1. The van der Waals surface area contributed by atoms with Crippen LogP contribution in [0.3, 0.4) is 0 Å². The third kappa shape index (κ3) is 11.8. The van der Waals surface area contributed by atoms with E-state index in [1.54, 1.807) is 0 Å². The van der Waals surface area contributed by atoms with Crippen molar-refractivity contribution in [3.05, 3.63) is 108 Å². The van der Waals surface area contributed by atoms with Gasteiger partial charge in [-0.1, -0.05) is 49.0 Å². The molecule has 0 aromatic heterocycles. The molecule has 4 aliphatic rings. The van der Waals surface area contributed by atoms with Crippen molar-refractivity contribution in [2.45, 2.75) is 108 Å². The predicted molar refractivity (Wildman–Crippen MR) is 226 cm³/mol. The number of benzene rings is 4. The lowest BCUT2D eigenvalue weighted by atomic mass is 9.81. The number of carbonyl (C=O) groups excluding carboxylic acids is 1. The van der Waals surface area contributed by atoms with Crippen molar-refractivity contribution in [2.24, 2.45) is 5.92 Å². The minimum Gasteiger partial charge on any atom is -0.494 e. The fourth-order valence-electron chi connectivity index (χ4n) is 8.59. The summed E-state index contributed by atoms with van der Waals surface area (Å²) in [6.45, 7) is 7.35. The van der Waals surface area contributed by atoms with Crippen molar-refractivity contribution < 1.29 is 33.2 Å². The Hall–Kier alpha value is -4.50. The molecule has 4 fully saturated rings. The maximum atomic E-state index is 11.1. The Balaban J connectivity index is 0.794. The van der Waals surface area contributed by atoms with Crippen LogP contribution in [0.4, 0.5) is 0 Å². The van der Waals surface area contributed by atoms with E-state index < -0.39 is 0 Å². The van der Waals surface area contributed by atoms with Crippen molar-refractivity contribution in [1.29, 1.82) is 5.41 Å². The summed E-state index contributed by atoms with van der Waals surface area (Å²) in [6.07, 6.45) is 16.4. The topological polar surface area (TPSA) is 96.3 Å². The van der Waals surface area contributed by atoms with E-state index in [0.717, 1.165) is 112 Å². The van der Waals surface area contributed by atoms with Gasteiger partial charge in [-0.2, -0.15) is 0 Å². The summed E-state index contributed by atoms with van der Waals surface area (Å²) in [5, 5.41) is 10.6. The van der Waals surface area contributed by atoms with E-state index in [1.807, 2.05) is 12.1 Å². The summed E-state index contributed by atoms with van der Waals surface area (Å²) < 4.78 is 35.1. The molecule has 0 spiro atoms. The van der Waals surface area contributed by atoms with E-state index in [2.05, 4.69) is 73.3 Å². The standard InChI is InChI=1S/C49H59NO7/c1-2-49(51)55-24-6-4-3-5-23-53-43-18-12-38(13-19-43)48-21-15-40(29-42(48)32-50)37-10-16-44(17-11-37)56-34-35-8-9-41-30-45(20-14-39(41)26-35)54-25-7-22-52-33-36-27-46-31-47(28-36)57-46/h2,8-9,12-15,18-21,26,29-30,32,36-37,44,46-47,50H,1,3-7,10-11,16-17,22-25,27-28,31,33-34H2. The van der Waals surface area contributed by atoms with Gasteiger partial charge in [0.15, 0.2) is 0 Å². The largest absolute Gasteiger partial charge is 0.494 e. The second kappa shape index (κ2) is 20.8. The van der Waals surface area contributed by atoms with E-state index >= 15 is 0 Å². The normalized spacial score (nSPS) is 21.4. The highest BCUT2D eigenvalue weighted by Gasteiger charge is 2.39. The number of ether oxygens (including phenoxy) is 6. The number of rotatable bonds is 22. The number of carbonyl (C=O) groups is 1. The van der Waals surface area contributed by atoms with Crippen LogP contribution < -0.4 is 9.47 Å². The zero-order valence-electron chi connectivity index (χ0n) is 33.3. The van der Waals surface area contributed by atoms with Crippen LogP contribution in [0.25, 0.3) is 21.9 Å². The molecule has 4 aromatic rings. The molecule has 2 unspecified atom stereocenters. The summed E-state index contributed by atoms with van der Waals surface area (Å²) in [4.78, 5) is 11.1. The maximum absolute atomic E-state index is 11.1. The van der Waals surface area contributed by atoms with Crippen LogP contribution >= 0.6 is 0 Å². The average molecular weight is 774 g/mol. The van der Waals surface area contributed by atoms with Gasteiger partial charge in [-0.3, -0.25) is 0 Å². The lowest BCUT2D eigenvalue weighted by Crippen LogP contribution is -2.46. The molecule has 302 valence electrons. The summed E-state index contributed by atoms with van der Waals surface area (Å²) in [5.41, 5.74) is 5.58. The molecule has 4 aromatic carbocycles. The Bertz CT molecular complexity index is 1900. The van der Waals surface area contributed by atoms with Gasteiger partial charge >= 0.3 is 5.97 Å². The van der Waals surface area contributed by atoms with Crippen LogP contribution in [0.1, 0.15) is 99.7 Å². The molecule has 0 amide bonds. The van der Waals surface area contributed by atoms with Gasteiger partial charge in [-0.15, -0.1) is 0 Å². The SMILES string of the molecule is C=CC(=O)OCCCCCCOc1ccc(-c2ccc(C3CCC(OCc4ccc5cc(OCCCOCC6CC7CC(C6)O7)ccc5c4)CC3)cc2C=N)cc1. The molecule has 8 nitrogen and oxygen atoms in total. The molecule has 8 rings (SSSR count). The Morgan fingerprint density at radius 3 is 2.21 bits per heavy atom. The zero-order valence-corrected chi connectivity index (χ0v) is 33.3. The third-order valence-electron chi connectivity index (χ3n) is 11.8. The predicted octanol–water partition coefficient (Wildman–Crippen LogP) is 10.8. The van der Waals surface area contributed by atoms with Crippen molar-refractivity contribution in [1.82, 2.24) is 0 Å². The lowest BCUT2D eigenvalue weighted by Gasteiger charge is -2.45. The first-order chi connectivity index (χ1) is 28.0. The minimum atomic E-state index is -0.366. The third-order valence-corrected chi connectivity index (χ3v) is 11.8. The van der Waals surface area contributed by atoms with E-state index in [1.165, 1.54) is 40.6 Å². The quantitative estimate of drug-likeness (QED) is 0.0368. The van der Waals surface area contributed by atoms with Gasteiger partial charge < -0.3 is 33.8 Å². The van der Waals surface area contributed by atoms with Gasteiger partial charge in [-0.05, 0) is 152 Å². The van der Waals surface area contributed by atoms with Gasteiger partial charge in [0.2, 0.25) is 0 Å². The Kier molecular flexibility index (Phi) is 14.8. The molecule has 0 radical (unpaired) electrons. The van der Waals surface area contributed by atoms with E-state index in [-0.39, 0.29) is 12.1 Å². The molecule has 2 heterocycles. The van der Waals surface area contributed by atoms with Crippen LogP contribution in [-0.2, 0) is 30.3 Å².